The van der Waals surface area contributed by atoms with Crippen molar-refractivity contribution in [3.8, 4) is 0 Å². The Hall–Kier alpha value is -1.28. The van der Waals surface area contributed by atoms with E-state index in [4.69, 9.17) is 0 Å². The van der Waals surface area contributed by atoms with Crippen molar-refractivity contribution in [1.82, 2.24) is 10.3 Å². The SMILES string of the molecule is [c]1[nH]c2ccccc2c1CC1CCCN1. The van der Waals surface area contributed by atoms with Gasteiger partial charge in [-0.15, -0.1) is 0 Å². The lowest BCUT2D eigenvalue weighted by atomic mass is 10.0. The molecule has 0 spiro atoms. The van der Waals surface area contributed by atoms with Gasteiger partial charge in [0.25, 0.3) is 0 Å². The summed E-state index contributed by atoms with van der Waals surface area (Å²) in [5, 5.41) is 4.85. The van der Waals surface area contributed by atoms with Crippen molar-refractivity contribution in [2.24, 2.45) is 0 Å². The Balaban J connectivity index is 1.90. The van der Waals surface area contributed by atoms with Crippen LogP contribution in [-0.4, -0.2) is 17.6 Å². The van der Waals surface area contributed by atoms with E-state index in [9.17, 15) is 0 Å². The monoisotopic (exact) mass is 199 g/mol. The lowest BCUT2D eigenvalue weighted by Crippen LogP contribution is -2.23. The first-order chi connectivity index (χ1) is 7.43. The molecular weight excluding hydrogens is 184 g/mol. The molecule has 2 nitrogen and oxygen atoms in total. The summed E-state index contributed by atoms with van der Waals surface area (Å²) < 4.78 is 0. The Morgan fingerprint density at radius 1 is 1.33 bits per heavy atom. The quantitative estimate of drug-likeness (QED) is 0.763. The van der Waals surface area contributed by atoms with Crippen molar-refractivity contribution in [3.63, 3.8) is 0 Å². The predicted molar refractivity (Wildman–Crippen MR) is 61.9 cm³/mol. The van der Waals surface area contributed by atoms with E-state index in [1.54, 1.807) is 0 Å². The van der Waals surface area contributed by atoms with Gasteiger partial charge in [0.2, 0.25) is 0 Å². The first kappa shape index (κ1) is 8.98. The van der Waals surface area contributed by atoms with Crippen LogP contribution in [0.3, 0.4) is 0 Å². The molecule has 1 aromatic carbocycles. The molecule has 1 saturated heterocycles. The molecule has 0 bridgehead atoms. The highest BCUT2D eigenvalue weighted by Crippen LogP contribution is 2.20. The molecule has 2 aromatic rings. The zero-order valence-corrected chi connectivity index (χ0v) is 8.72. The lowest BCUT2D eigenvalue weighted by molar-refractivity contribution is 0.604. The second-order valence-electron chi connectivity index (χ2n) is 4.27. The van der Waals surface area contributed by atoms with Crippen LogP contribution in [0.1, 0.15) is 18.4 Å². The van der Waals surface area contributed by atoms with Gasteiger partial charge in [-0.2, -0.15) is 0 Å². The van der Waals surface area contributed by atoms with Gasteiger partial charge >= 0.3 is 0 Å². The lowest BCUT2D eigenvalue weighted by Gasteiger charge is -2.08. The Kier molecular flexibility index (Phi) is 2.22. The number of hydrogen-bond acceptors (Lipinski definition) is 1. The third-order valence-electron chi connectivity index (χ3n) is 3.21. The average molecular weight is 199 g/mol. The Bertz CT molecular complexity index is 452. The van der Waals surface area contributed by atoms with Crippen molar-refractivity contribution >= 4 is 10.9 Å². The Morgan fingerprint density at radius 3 is 3.13 bits per heavy atom. The maximum Gasteiger partial charge on any atom is 0.0666 e. The van der Waals surface area contributed by atoms with E-state index < -0.39 is 0 Å². The van der Waals surface area contributed by atoms with Crippen LogP contribution in [0.4, 0.5) is 0 Å². The molecule has 1 fully saturated rings. The van der Waals surface area contributed by atoms with Crippen molar-refractivity contribution in [2.45, 2.75) is 25.3 Å². The van der Waals surface area contributed by atoms with E-state index in [1.807, 2.05) is 0 Å². The van der Waals surface area contributed by atoms with Gasteiger partial charge in [-0.25, -0.2) is 0 Å². The van der Waals surface area contributed by atoms with E-state index in [0.717, 1.165) is 6.42 Å². The topological polar surface area (TPSA) is 27.8 Å². The van der Waals surface area contributed by atoms with Crippen molar-refractivity contribution in [3.05, 3.63) is 36.0 Å². The fraction of sp³-hybridized carbons (Fsp3) is 0.385. The van der Waals surface area contributed by atoms with E-state index in [-0.39, 0.29) is 0 Å². The van der Waals surface area contributed by atoms with Crippen molar-refractivity contribution < 1.29 is 0 Å². The van der Waals surface area contributed by atoms with Crippen LogP contribution in [0.25, 0.3) is 10.9 Å². The smallest absolute Gasteiger partial charge is 0.0666 e. The number of aromatic amines is 1. The number of para-hydroxylation sites is 1. The number of rotatable bonds is 2. The van der Waals surface area contributed by atoms with E-state index in [0.29, 0.717) is 6.04 Å². The molecule has 2 heteroatoms. The van der Waals surface area contributed by atoms with Crippen LogP contribution >= 0.6 is 0 Å². The first-order valence-corrected chi connectivity index (χ1v) is 5.64. The van der Waals surface area contributed by atoms with Gasteiger partial charge in [-0.05, 0) is 37.4 Å². The standard InChI is InChI=1S/C13H15N2/c1-2-6-13-12(5-1)10(9-15-13)8-11-4-3-7-14-11/h1-2,5-6,11,14-15H,3-4,7-8H2. The molecule has 77 valence electrons. The van der Waals surface area contributed by atoms with E-state index >= 15 is 0 Å². The minimum absolute atomic E-state index is 0.653. The Labute approximate surface area is 89.7 Å². The minimum atomic E-state index is 0.653. The van der Waals surface area contributed by atoms with Crippen LogP contribution in [0.15, 0.2) is 24.3 Å². The summed E-state index contributed by atoms with van der Waals surface area (Å²) in [7, 11) is 0. The molecular formula is C13H15N2. The van der Waals surface area contributed by atoms with E-state index in [1.165, 1.54) is 35.9 Å². The molecule has 0 amide bonds. The fourth-order valence-corrected chi connectivity index (χ4v) is 2.40. The highest BCUT2D eigenvalue weighted by atomic mass is 14.9. The maximum absolute atomic E-state index is 3.53. The van der Waals surface area contributed by atoms with E-state index in [2.05, 4.69) is 40.8 Å². The molecule has 1 aliphatic heterocycles. The molecule has 1 aliphatic rings. The number of H-pyrrole nitrogens is 1. The molecule has 1 unspecified atom stereocenters. The molecule has 1 atom stereocenters. The number of fused-ring (bicyclic) bond motifs is 1. The van der Waals surface area contributed by atoms with Crippen LogP contribution in [0.5, 0.6) is 0 Å². The van der Waals surface area contributed by atoms with Gasteiger partial charge in [0.1, 0.15) is 0 Å². The van der Waals surface area contributed by atoms with Gasteiger partial charge in [0.15, 0.2) is 0 Å². The van der Waals surface area contributed by atoms with Gasteiger partial charge in [0, 0.05) is 16.9 Å². The average Bonchev–Trinajstić information content (AvgIpc) is 2.89. The third kappa shape index (κ3) is 1.65. The summed E-state index contributed by atoms with van der Waals surface area (Å²) in [6.07, 6.45) is 6.99. The largest absolute Gasteiger partial charge is 0.353 e. The molecule has 3 rings (SSSR count). The maximum atomic E-state index is 3.53. The summed E-state index contributed by atoms with van der Waals surface area (Å²) in [4.78, 5) is 3.21. The second-order valence-corrected chi connectivity index (χ2v) is 4.27. The second kappa shape index (κ2) is 3.70. The molecule has 15 heavy (non-hydrogen) atoms. The Morgan fingerprint density at radius 2 is 2.27 bits per heavy atom. The van der Waals surface area contributed by atoms with Gasteiger partial charge in [-0.1, -0.05) is 18.2 Å². The number of nitrogens with one attached hydrogen (secondary N) is 2. The summed E-state index contributed by atoms with van der Waals surface area (Å²) in [5.74, 6) is 0. The summed E-state index contributed by atoms with van der Waals surface area (Å²) in [6.45, 7) is 1.17. The van der Waals surface area contributed by atoms with Crippen LogP contribution in [0, 0.1) is 6.20 Å². The molecule has 1 radical (unpaired) electrons. The first-order valence-electron chi connectivity index (χ1n) is 5.64. The van der Waals surface area contributed by atoms with Crippen LogP contribution in [0.2, 0.25) is 0 Å². The summed E-state index contributed by atoms with van der Waals surface area (Å²) in [6, 6.07) is 9.09. The number of aromatic nitrogens is 1. The van der Waals surface area contributed by atoms with Gasteiger partial charge < -0.3 is 10.3 Å². The molecule has 0 saturated carbocycles. The highest BCUT2D eigenvalue weighted by Gasteiger charge is 2.16. The van der Waals surface area contributed by atoms with Crippen LogP contribution < -0.4 is 5.32 Å². The summed E-state index contributed by atoms with van der Waals surface area (Å²) in [5.41, 5.74) is 2.52. The molecule has 0 aliphatic carbocycles. The van der Waals surface area contributed by atoms with Gasteiger partial charge in [-0.3, -0.25) is 0 Å². The predicted octanol–water partition coefficient (Wildman–Crippen LogP) is 2.26. The fourth-order valence-electron chi connectivity index (χ4n) is 2.40. The van der Waals surface area contributed by atoms with Crippen LogP contribution in [-0.2, 0) is 6.42 Å². The molecule has 2 N–H and O–H groups in total. The zero-order valence-electron chi connectivity index (χ0n) is 8.72. The molecule has 2 heterocycles. The highest BCUT2D eigenvalue weighted by molar-refractivity contribution is 5.82. The number of benzene rings is 1. The summed E-state index contributed by atoms with van der Waals surface area (Å²) >= 11 is 0. The minimum Gasteiger partial charge on any atom is -0.353 e. The normalized spacial score (nSPS) is 21.2. The third-order valence-corrected chi connectivity index (χ3v) is 3.21. The van der Waals surface area contributed by atoms with Crippen molar-refractivity contribution in [1.29, 1.82) is 0 Å². The van der Waals surface area contributed by atoms with Crippen molar-refractivity contribution in [2.75, 3.05) is 6.54 Å². The number of hydrogen-bond donors (Lipinski definition) is 2. The molecule has 1 aromatic heterocycles. The van der Waals surface area contributed by atoms with Gasteiger partial charge in [0.05, 0.1) is 6.20 Å². The zero-order chi connectivity index (χ0) is 10.1.